The van der Waals surface area contributed by atoms with Gasteiger partial charge in [0, 0.05) is 13.6 Å². The molecule has 0 saturated carbocycles. The van der Waals surface area contributed by atoms with E-state index in [4.69, 9.17) is 0 Å². The van der Waals surface area contributed by atoms with Gasteiger partial charge in [-0.3, -0.25) is 4.68 Å². The molecule has 0 amide bonds. The molecule has 7 heteroatoms. The molecule has 0 spiro atoms. The van der Waals surface area contributed by atoms with Crippen LogP contribution in [-0.2, 0) is 16.6 Å². The summed E-state index contributed by atoms with van der Waals surface area (Å²) in [6.45, 7) is 0.922. The van der Waals surface area contributed by atoms with E-state index in [9.17, 15) is 8.42 Å². The van der Waals surface area contributed by atoms with Gasteiger partial charge in [-0.2, -0.15) is 5.10 Å². The first-order valence-corrected chi connectivity index (χ1v) is 5.58. The topological polar surface area (TPSA) is 68.1 Å². The lowest BCUT2D eigenvalue weighted by Crippen LogP contribution is -2.29. The third-order valence-electron chi connectivity index (χ3n) is 1.68. The van der Waals surface area contributed by atoms with E-state index in [1.807, 2.05) is 0 Å². The van der Waals surface area contributed by atoms with E-state index in [2.05, 4.69) is 10.1 Å². The van der Waals surface area contributed by atoms with Crippen molar-refractivity contribution in [1.82, 2.24) is 19.1 Å². The van der Waals surface area contributed by atoms with Crippen LogP contribution in [0.15, 0.2) is 12.7 Å². The lowest BCUT2D eigenvalue weighted by atomic mass is 10.6. The molecule has 1 aromatic rings. The first kappa shape index (κ1) is 10.1. The predicted molar refractivity (Wildman–Crippen MR) is 47.5 cm³/mol. The third kappa shape index (κ3) is 3.11. The van der Waals surface area contributed by atoms with Crippen LogP contribution in [0.2, 0.25) is 0 Å². The van der Waals surface area contributed by atoms with Crippen molar-refractivity contribution in [2.75, 3.05) is 19.8 Å². The molecule has 13 heavy (non-hydrogen) atoms. The van der Waals surface area contributed by atoms with Crippen molar-refractivity contribution < 1.29 is 8.42 Å². The van der Waals surface area contributed by atoms with Crippen molar-refractivity contribution in [2.24, 2.45) is 0 Å². The SMILES string of the molecule is CN(CCn1cncn1)S(C)(=O)=O. The average Bonchev–Trinajstić information content (AvgIpc) is 2.50. The normalized spacial score (nSPS) is 12.2. The second kappa shape index (κ2) is 3.84. The van der Waals surface area contributed by atoms with Crippen LogP contribution in [0.1, 0.15) is 0 Å². The van der Waals surface area contributed by atoms with Gasteiger partial charge in [0.25, 0.3) is 0 Å². The third-order valence-corrected chi connectivity index (χ3v) is 2.99. The van der Waals surface area contributed by atoms with Crippen LogP contribution in [0, 0.1) is 0 Å². The van der Waals surface area contributed by atoms with Gasteiger partial charge in [0.15, 0.2) is 0 Å². The fourth-order valence-electron chi connectivity index (χ4n) is 0.757. The number of aromatic nitrogens is 3. The molecule has 0 aliphatic heterocycles. The summed E-state index contributed by atoms with van der Waals surface area (Å²) < 4.78 is 24.8. The molecule has 1 aromatic heterocycles. The fraction of sp³-hybridized carbons (Fsp3) is 0.667. The van der Waals surface area contributed by atoms with E-state index in [1.54, 1.807) is 11.0 Å². The van der Waals surface area contributed by atoms with Gasteiger partial charge < -0.3 is 0 Å². The smallest absolute Gasteiger partial charge is 0.211 e. The second-order valence-electron chi connectivity index (χ2n) is 2.74. The Labute approximate surface area is 77.2 Å². The number of nitrogens with zero attached hydrogens (tertiary/aromatic N) is 4. The lowest BCUT2D eigenvalue weighted by Gasteiger charge is -2.12. The Morgan fingerprint density at radius 1 is 1.54 bits per heavy atom. The molecule has 0 aliphatic rings. The van der Waals surface area contributed by atoms with Crippen LogP contribution in [0.25, 0.3) is 0 Å². The second-order valence-corrected chi connectivity index (χ2v) is 4.83. The van der Waals surface area contributed by atoms with Crippen molar-refractivity contribution in [1.29, 1.82) is 0 Å². The summed E-state index contributed by atoms with van der Waals surface area (Å²) in [5, 5.41) is 3.85. The molecule has 1 rings (SSSR count). The van der Waals surface area contributed by atoms with Crippen molar-refractivity contribution in [3.8, 4) is 0 Å². The first-order chi connectivity index (χ1) is 6.00. The van der Waals surface area contributed by atoms with Gasteiger partial charge in [0.1, 0.15) is 12.7 Å². The fourth-order valence-corrected chi connectivity index (χ4v) is 1.17. The van der Waals surface area contributed by atoms with Gasteiger partial charge in [-0.1, -0.05) is 0 Å². The Morgan fingerprint density at radius 3 is 2.69 bits per heavy atom. The Kier molecular flexibility index (Phi) is 2.99. The van der Waals surface area contributed by atoms with Crippen molar-refractivity contribution in [3.05, 3.63) is 12.7 Å². The summed E-state index contributed by atoms with van der Waals surface area (Å²) in [6.07, 6.45) is 4.14. The Hall–Kier alpha value is -0.950. The number of hydrogen-bond donors (Lipinski definition) is 0. The number of hydrogen-bond acceptors (Lipinski definition) is 4. The van der Waals surface area contributed by atoms with Crippen molar-refractivity contribution in [3.63, 3.8) is 0 Å². The molecule has 6 nitrogen and oxygen atoms in total. The molecule has 0 unspecified atom stereocenters. The highest BCUT2D eigenvalue weighted by molar-refractivity contribution is 7.88. The number of rotatable bonds is 4. The van der Waals surface area contributed by atoms with Crippen molar-refractivity contribution >= 4 is 10.0 Å². The molecule has 1 heterocycles. The monoisotopic (exact) mass is 204 g/mol. The molecule has 0 N–H and O–H groups in total. The van der Waals surface area contributed by atoms with Gasteiger partial charge in [-0.15, -0.1) is 0 Å². The molecule has 0 aliphatic carbocycles. The summed E-state index contributed by atoms with van der Waals surface area (Å²) in [5.74, 6) is 0. The van der Waals surface area contributed by atoms with Crippen LogP contribution < -0.4 is 0 Å². The average molecular weight is 204 g/mol. The number of likely N-dealkylation sites (N-methyl/N-ethyl adjacent to an activating group) is 1. The van der Waals surface area contributed by atoms with Gasteiger partial charge in [0.05, 0.1) is 12.8 Å². The summed E-state index contributed by atoms with van der Waals surface area (Å²) in [6, 6.07) is 0. The lowest BCUT2D eigenvalue weighted by molar-refractivity contribution is 0.436. The minimum atomic E-state index is -3.08. The van der Waals surface area contributed by atoms with E-state index in [1.165, 1.54) is 23.9 Å². The first-order valence-electron chi connectivity index (χ1n) is 3.74. The Balaban J connectivity index is 2.44. The molecule has 0 radical (unpaired) electrons. The van der Waals surface area contributed by atoms with Crippen LogP contribution in [0.5, 0.6) is 0 Å². The standard InChI is InChI=1S/C6H12N4O2S/c1-9(13(2,11)12)3-4-10-6-7-5-8-10/h5-6H,3-4H2,1-2H3. The highest BCUT2D eigenvalue weighted by Crippen LogP contribution is 1.93. The zero-order valence-corrected chi connectivity index (χ0v) is 8.40. The quantitative estimate of drug-likeness (QED) is 0.642. The zero-order valence-electron chi connectivity index (χ0n) is 7.58. The molecular weight excluding hydrogens is 192 g/mol. The maximum absolute atomic E-state index is 11.0. The van der Waals surface area contributed by atoms with Crippen LogP contribution in [-0.4, -0.2) is 47.3 Å². The number of sulfonamides is 1. The maximum atomic E-state index is 11.0. The molecule has 0 aromatic carbocycles. The molecule has 0 bridgehead atoms. The summed E-state index contributed by atoms with van der Waals surface area (Å²) in [7, 11) is -1.55. The van der Waals surface area contributed by atoms with Crippen molar-refractivity contribution in [2.45, 2.75) is 6.54 Å². The molecule has 0 saturated heterocycles. The summed E-state index contributed by atoms with van der Waals surface area (Å²) in [5.41, 5.74) is 0. The van der Waals surface area contributed by atoms with Crippen LogP contribution in [0.3, 0.4) is 0 Å². The molecule has 0 atom stereocenters. The van der Waals surface area contributed by atoms with Gasteiger partial charge in [-0.05, 0) is 0 Å². The van der Waals surface area contributed by atoms with E-state index in [0.717, 1.165) is 0 Å². The minimum Gasteiger partial charge on any atom is -0.252 e. The zero-order chi connectivity index (χ0) is 9.90. The van der Waals surface area contributed by atoms with E-state index in [0.29, 0.717) is 13.1 Å². The molecular formula is C6H12N4O2S. The highest BCUT2D eigenvalue weighted by Gasteiger charge is 2.09. The predicted octanol–water partition coefficient (Wildman–Crippen LogP) is -0.830. The Bertz CT molecular complexity index is 345. The van der Waals surface area contributed by atoms with Crippen LogP contribution in [0.4, 0.5) is 0 Å². The van der Waals surface area contributed by atoms with Gasteiger partial charge in [-0.25, -0.2) is 17.7 Å². The van der Waals surface area contributed by atoms with Gasteiger partial charge >= 0.3 is 0 Å². The summed E-state index contributed by atoms with van der Waals surface area (Å²) >= 11 is 0. The molecule has 74 valence electrons. The Morgan fingerprint density at radius 2 is 2.23 bits per heavy atom. The minimum absolute atomic E-state index is 0.405. The maximum Gasteiger partial charge on any atom is 0.211 e. The summed E-state index contributed by atoms with van der Waals surface area (Å²) in [4.78, 5) is 3.75. The largest absolute Gasteiger partial charge is 0.252 e. The van der Waals surface area contributed by atoms with E-state index in [-0.39, 0.29) is 0 Å². The molecule has 0 fully saturated rings. The van der Waals surface area contributed by atoms with Gasteiger partial charge in [0.2, 0.25) is 10.0 Å². The van der Waals surface area contributed by atoms with Crippen LogP contribution >= 0.6 is 0 Å². The van der Waals surface area contributed by atoms with E-state index < -0.39 is 10.0 Å². The highest BCUT2D eigenvalue weighted by atomic mass is 32.2. The van der Waals surface area contributed by atoms with E-state index >= 15 is 0 Å².